The molecular weight excluding hydrogens is 428 g/mol. The van der Waals surface area contributed by atoms with E-state index in [1.807, 2.05) is 13.1 Å². The summed E-state index contributed by atoms with van der Waals surface area (Å²) >= 11 is -5.13. The van der Waals surface area contributed by atoms with Crippen LogP contribution >= 0.6 is 0 Å². The summed E-state index contributed by atoms with van der Waals surface area (Å²) in [5, 5.41) is 8.49. The zero-order valence-corrected chi connectivity index (χ0v) is 15.9. The van der Waals surface area contributed by atoms with Gasteiger partial charge in [-0.1, -0.05) is 6.08 Å². The average molecular weight is 448 g/mol. The number of hydrogen-bond donors (Lipinski definition) is 3. The molecule has 1 heterocycles. The van der Waals surface area contributed by atoms with Crippen LogP contribution in [0.25, 0.3) is 0 Å². The third-order valence-corrected chi connectivity index (χ3v) is 6.01. The topological polar surface area (TPSA) is 124 Å². The van der Waals surface area contributed by atoms with Crippen molar-refractivity contribution >= 4 is 35.1 Å². The van der Waals surface area contributed by atoms with Gasteiger partial charge in [0.25, 0.3) is 0 Å². The molecule has 1 aromatic rings. The van der Waals surface area contributed by atoms with Crippen LogP contribution in [0.2, 0.25) is 0 Å². The number of carbonyl (C=O) groups excluding carboxylic acids is 1. The van der Waals surface area contributed by atoms with Crippen LogP contribution in [0.15, 0.2) is 35.9 Å². The van der Waals surface area contributed by atoms with Crippen molar-refractivity contribution in [1.82, 2.24) is 4.90 Å². The van der Waals surface area contributed by atoms with Gasteiger partial charge in [0.15, 0.2) is 0 Å². The number of benzene rings is 1. The van der Waals surface area contributed by atoms with Crippen LogP contribution in [-0.2, 0) is 12.5 Å². The van der Waals surface area contributed by atoms with Crippen LogP contribution in [-0.4, -0.2) is 75.6 Å². The fraction of sp³-hybridized carbons (Fsp3) is 0.333. The molecule has 0 fully saturated rings. The summed E-state index contributed by atoms with van der Waals surface area (Å²) in [5.74, 6) is -1.32. The first-order valence-corrected chi connectivity index (χ1v) is 11.6. The molecular formula is C15H20NO7Sb. The molecule has 1 aliphatic heterocycles. The normalized spacial score (nSPS) is 14.9. The molecule has 2 rings (SSSR count). The van der Waals surface area contributed by atoms with Gasteiger partial charge in [-0.15, -0.1) is 0 Å². The van der Waals surface area contributed by atoms with Gasteiger partial charge in [-0.2, -0.15) is 0 Å². The number of aromatic carboxylic acids is 1. The molecule has 132 valence electrons. The molecule has 0 spiro atoms. The van der Waals surface area contributed by atoms with Crippen LogP contribution in [0.1, 0.15) is 16.8 Å². The standard InChI is InChI=1S/C8H13NO2.C7H5O2.2H2O.O.Sb/c1-9-5-3-4-7(6-9)8(10)11-2;8-7(9)6-4-2-1-3-5-6;;;;/h4H,3,5-6H2,1-2H3;2-5H,(H,8,9);2*1H2;;/q;;;;;+2/p-2. The van der Waals surface area contributed by atoms with Gasteiger partial charge in [0.05, 0.1) is 7.11 Å². The van der Waals surface area contributed by atoms with Crippen molar-refractivity contribution in [2.24, 2.45) is 0 Å². The van der Waals surface area contributed by atoms with E-state index in [0.717, 1.165) is 30.7 Å². The Morgan fingerprint density at radius 1 is 1.21 bits per heavy atom. The molecule has 0 saturated heterocycles. The van der Waals surface area contributed by atoms with E-state index in [1.54, 1.807) is 0 Å². The van der Waals surface area contributed by atoms with Gasteiger partial charge in [-0.3, -0.25) is 0 Å². The molecule has 1 aromatic carbocycles. The number of nitrogens with zero attached hydrogens (tertiary/aromatic N) is 1. The number of ether oxygens (including phenoxy) is 1. The summed E-state index contributed by atoms with van der Waals surface area (Å²) in [4.78, 5) is 23.5. The van der Waals surface area contributed by atoms with Crippen molar-refractivity contribution in [3.05, 3.63) is 41.5 Å². The van der Waals surface area contributed by atoms with Gasteiger partial charge in [0.1, 0.15) is 0 Å². The summed E-state index contributed by atoms with van der Waals surface area (Å²) in [6.07, 6.45) is 2.90. The Labute approximate surface area is 144 Å². The first-order valence-electron chi connectivity index (χ1n) is 7.00. The molecule has 0 aromatic heterocycles. The predicted octanol–water partition coefficient (Wildman–Crippen LogP) is -0.633. The second-order valence-corrected chi connectivity index (χ2v) is 9.72. The first kappa shape index (κ1) is 20.4. The molecule has 0 atom stereocenters. The molecule has 0 amide bonds. The van der Waals surface area contributed by atoms with Gasteiger partial charge in [0, 0.05) is 18.7 Å². The summed E-state index contributed by atoms with van der Waals surface area (Å²) in [5.41, 5.74) is 0.791. The average Bonchev–Trinajstić information content (AvgIpc) is 2.54. The van der Waals surface area contributed by atoms with Gasteiger partial charge in [-0.05, 0) is 13.5 Å². The van der Waals surface area contributed by atoms with E-state index in [2.05, 4.69) is 9.64 Å². The maximum atomic E-state index is 11.0. The predicted molar refractivity (Wildman–Crippen MR) is 86.1 cm³/mol. The van der Waals surface area contributed by atoms with Crippen LogP contribution < -0.4 is 3.51 Å². The molecule has 24 heavy (non-hydrogen) atoms. The van der Waals surface area contributed by atoms with Gasteiger partial charge in [-0.25, -0.2) is 4.79 Å². The van der Waals surface area contributed by atoms with Crippen LogP contribution in [0.3, 0.4) is 0 Å². The fourth-order valence-electron chi connectivity index (χ4n) is 1.97. The van der Waals surface area contributed by atoms with Crippen LogP contribution in [0, 0.1) is 0 Å². The Kier molecular flexibility index (Phi) is 7.69. The third-order valence-electron chi connectivity index (χ3n) is 3.24. The quantitative estimate of drug-likeness (QED) is 0.413. The Hall–Kier alpha value is -1.60. The van der Waals surface area contributed by atoms with Crippen LogP contribution in [0.4, 0.5) is 0 Å². The number of hydrogen-bond acceptors (Lipinski definition) is 5. The summed E-state index contributed by atoms with van der Waals surface area (Å²) in [6.45, 7) is 1.74. The number of likely N-dealkylation sites (N-methyl/N-ethyl adjacent to an activating group) is 1. The summed E-state index contributed by atoms with van der Waals surface area (Å²) in [7, 11) is 3.41. The van der Waals surface area contributed by atoms with E-state index >= 15 is 0 Å². The fourth-order valence-corrected chi connectivity index (χ4v) is 3.50. The molecule has 8 nitrogen and oxygen atoms in total. The third kappa shape index (κ3) is 6.49. The van der Waals surface area contributed by atoms with Crippen molar-refractivity contribution < 1.29 is 29.2 Å². The number of esters is 1. The van der Waals surface area contributed by atoms with E-state index in [4.69, 9.17) is 11.9 Å². The SMILES string of the molecule is COC(=O)C1=CCCN(C)C1.O=C(O)c1cc[c]([Sb](=[O])([OH])[OH])cc1. The molecule has 3 N–H and O–H groups in total. The van der Waals surface area contributed by atoms with E-state index in [-0.39, 0.29) is 15.0 Å². The number of carboxylic acids is 1. The Balaban J connectivity index is 0.000000243. The van der Waals surface area contributed by atoms with E-state index in [0.29, 0.717) is 6.54 Å². The summed E-state index contributed by atoms with van der Waals surface area (Å²) < 4.78 is 32.8. The number of methoxy groups -OCH3 is 1. The van der Waals surface area contributed by atoms with Gasteiger partial charge < -0.3 is 9.64 Å². The summed E-state index contributed by atoms with van der Waals surface area (Å²) in [6, 6.07) is 4.63. The van der Waals surface area contributed by atoms with Crippen molar-refractivity contribution in [3.63, 3.8) is 0 Å². The number of carboxylic acid groups (broad SMARTS) is 1. The van der Waals surface area contributed by atoms with Crippen molar-refractivity contribution in [3.8, 4) is 0 Å². The van der Waals surface area contributed by atoms with E-state index in [1.165, 1.54) is 19.2 Å². The Morgan fingerprint density at radius 3 is 2.21 bits per heavy atom. The Bertz CT molecular complexity index is 663. The van der Waals surface area contributed by atoms with Crippen molar-refractivity contribution in [2.45, 2.75) is 6.42 Å². The minimum absolute atomic E-state index is 0.0116. The zero-order chi connectivity index (χ0) is 18.3. The van der Waals surface area contributed by atoms with E-state index < -0.39 is 25.6 Å². The van der Waals surface area contributed by atoms with E-state index in [9.17, 15) is 12.6 Å². The molecule has 1 aliphatic rings. The Morgan fingerprint density at radius 2 is 1.79 bits per heavy atom. The molecule has 9 heteroatoms. The number of carbonyl (C=O) groups is 2. The maximum absolute atomic E-state index is 11.0. The minimum atomic E-state index is -5.13. The zero-order valence-electron chi connectivity index (χ0n) is 13.4. The van der Waals surface area contributed by atoms with Crippen molar-refractivity contribution in [2.75, 3.05) is 27.2 Å². The molecule has 0 aliphatic carbocycles. The van der Waals surface area contributed by atoms with Crippen LogP contribution in [0.5, 0.6) is 0 Å². The van der Waals surface area contributed by atoms with Gasteiger partial charge in [0.2, 0.25) is 0 Å². The van der Waals surface area contributed by atoms with Gasteiger partial charge >= 0.3 is 84.6 Å². The molecule has 0 unspecified atom stereocenters. The molecule has 0 radical (unpaired) electrons. The monoisotopic (exact) mass is 447 g/mol. The molecule has 0 bridgehead atoms. The second kappa shape index (κ2) is 9.03. The molecule has 0 saturated carbocycles. The second-order valence-electron chi connectivity index (χ2n) is 5.14. The first-order chi connectivity index (χ1) is 11.1. The van der Waals surface area contributed by atoms with Crippen molar-refractivity contribution in [1.29, 1.82) is 0 Å². The number of rotatable bonds is 3.